The number of allylic oxidation sites excluding steroid dienone is 2. The second-order valence-corrected chi connectivity index (χ2v) is 11.9. The number of nitrogens with zero attached hydrogens (tertiary/aromatic N) is 1. The monoisotopic (exact) mass is 533 g/mol. The number of ketones is 1. The van der Waals surface area contributed by atoms with Crippen LogP contribution in [0, 0.1) is 13.0 Å². The molecule has 1 aromatic heterocycles. The molecule has 1 radical (unpaired) electrons. The van der Waals surface area contributed by atoms with Gasteiger partial charge < -0.3 is 10.1 Å². The van der Waals surface area contributed by atoms with Crippen molar-refractivity contribution in [2.75, 3.05) is 0 Å². The minimum Gasteiger partial charge on any atom is -0.512 e. The average Bonchev–Trinajstić information content (AvgIpc) is 2.46. The Labute approximate surface area is 165 Å². The maximum atomic E-state index is 10.0. The smallest absolute Gasteiger partial charge is 0.155 e. The molecular weight excluding hydrogens is 507 g/mol. The van der Waals surface area contributed by atoms with Crippen LogP contribution < -0.4 is 5.19 Å². The molecule has 137 valence electrons. The fourth-order valence-electron chi connectivity index (χ4n) is 1.97. The number of aliphatic hydroxyl groups is 1. The van der Waals surface area contributed by atoms with E-state index in [0.29, 0.717) is 0 Å². The van der Waals surface area contributed by atoms with Crippen LogP contribution in [0.15, 0.2) is 48.4 Å². The largest absolute Gasteiger partial charge is 0.512 e. The van der Waals surface area contributed by atoms with Crippen molar-refractivity contribution in [3.05, 3.63) is 60.0 Å². The zero-order chi connectivity index (χ0) is 18.3. The van der Waals surface area contributed by atoms with E-state index in [2.05, 4.69) is 67.9 Å². The number of aliphatic hydroxyl groups excluding tert-OH is 1. The quantitative estimate of drug-likeness (QED) is 0.275. The van der Waals surface area contributed by atoms with E-state index in [1.165, 1.54) is 30.7 Å². The molecule has 0 aliphatic rings. The van der Waals surface area contributed by atoms with Crippen molar-refractivity contribution < 1.29 is 30.0 Å². The summed E-state index contributed by atoms with van der Waals surface area (Å²) in [5.74, 6) is -0.0625. The van der Waals surface area contributed by atoms with E-state index in [-0.39, 0.29) is 31.6 Å². The summed E-state index contributed by atoms with van der Waals surface area (Å²) < 4.78 is 0. The Morgan fingerprint density at radius 2 is 1.80 bits per heavy atom. The molecular formula is C20H26IrNO2Si-. The molecule has 0 fully saturated rings. The van der Waals surface area contributed by atoms with E-state index >= 15 is 0 Å². The second-order valence-electron chi connectivity index (χ2n) is 6.86. The van der Waals surface area contributed by atoms with Gasteiger partial charge in [0.15, 0.2) is 5.78 Å². The summed E-state index contributed by atoms with van der Waals surface area (Å²) in [6, 6.07) is 14.0. The number of aryl methyl sites for hydroxylation is 1. The van der Waals surface area contributed by atoms with Crippen molar-refractivity contribution in [3.63, 3.8) is 0 Å². The topological polar surface area (TPSA) is 50.2 Å². The second kappa shape index (κ2) is 10.4. The summed E-state index contributed by atoms with van der Waals surface area (Å²) in [6.45, 7) is 11.9. The summed E-state index contributed by atoms with van der Waals surface area (Å²) in [4.78, 5) is 14.4. The number of hydrogen-bond acceptors (Lipinski definition) is 3. The van der Waals surface area contributed by atoms with Crippen molar-refractivity contribution in [2.24, 2.45) is 0 Å². The summed E-state index contributed by atoms with van der Waals surface area (Å²) in [7, 11) is -1.22. The standard InChI is InChI=1S/C15H18NSi.C5H8O2.Ir/c1-12-5-10-15(16-11-12)13-6-8-14(9-7-13)17(2,3)4;1-4(6)3-5(2)7;/h5-6,8-11H,1-4H3;3,6H,1-2H3;/q-1;;/b;4-3-;. The van der Waals surface area contributed by atoms with E-state index in [1.54, 1.807) is 0 Å². The van der Waals surface area contributed by atoms with Gasteiger partial charge in [0.1, 0.15) is 0 Å². The molecule has 1 heterocycles. The number of aromatic nitrogens is 1. The van der Waals surface area contributed by atoms with E-state index in [4.69, 9.17) is 5.11 Å². The van der Waals surface area contributed by atoms with Crippen molar-refractivity contribution in [2.45, 2.75) is 40.4 Å². The first kappa shape index (κ1) is 23.4. The molecule has 0 spiro atoms. The molecule has 1 N–H and O–H groups in total. The number of carbonyl (C=O) groups is 1. The van der Waals surface area contributed by atoms with Gasteiger partial charge in [-0.3, -0.25) is 4.79 Å². The predicted molar refractivity (Wildman–Crippen MR) is 103 cm³/mol. The van der Waals surface area contributed by atoms with Gasteiger partial charge in [-0.05, 0) is 32.0 Å². The first-order valence-electron chi connectivity index (χ1n) is 7.92. The van der Waals surface area contributed by atoms with Gasteiger partial charge in [-0.1, -0.05) is 31.8 Å². The number of rotatable bonds is 3. The average molecular weight is 533 g/mol. The molecule has 1 aromatic carbocycles. The van der Waals surface area contributed by atoms with Crippen molar-refractivity contribution in [1.82, 2.24) is 4.98 Å². The van der Waals surface area contributed by atoms with E-state index in [0.717, 1.165) is 11.3 Å². The third-order valence-corrected chi connectivity index (χ3v) is 5.32. The van der Waals surface area contributed by atoms with Crippen LogP contribution in [0.1, 0.15) is 19.4 Å². The number of benzene rings is 1. The molecule has 0 aliphatic heterocycles. The van der Waals surface area contributed by atoms with Crippen LogP contribution in [0.25, 0.3) is 11.3 Å². The predicted octanol–water partition coefficient (Wildman–Crippen LogP) is 4.44. The molecule has 0 bridgehead atoms. The normalized spacial score (nSPS) is 11.0. The Kier molecular flexibility index (Phi) is 9.79. The summed E-state index contributed by atoms with van der Waals surface area (Å²) in [6.07, 6.45) is 3.07. The fraction of sp³-hybridized carbons (Fsp3) is 0.300. The van der Waals surface area contributed by atoms with E-state index in [9.17, 15) is 4.79 Å². The summed E-state index contributed by atoms with van der Waals surface area (Å²) in [5, 5.41) is 9.80. The van der Waals surface area contributed by atoms with Crippen LogP contribution >= 0.6 is 0 Å². The van der Waals surface area contributed by atoms with Crippen LogP contribution in [0.4, 0.5) is 0 Å². The first-order valence-corrected chi connectivity index (χ1v) is 11.4. The maximum Gasteiger partial charge on any atom is 0.155 e. The number of carbonyl (C=O) groups excluding carboxylic acids is 1. The van der Waals surface area contributed by atoms with E-state index < -0.39 is 8.07 Å². The molecule has 0 atom stereocenters. The summed E-state index contributed by atoms with van der Waals surface area (Å²) in [5.41, 5.74) is 3.26. The molecule has 0 amide bonds. The minimum atomic E-state index is -1.22. The number of pyridine rings is 1. The Hall–Kier alpha value is -1.55. The van der Waals surface area contributed by atoms with Gasteiger partial charge in [0.25, 0.3) is 0 Å². The maximum absolute atomic E-state index is 10.0. The molecule has 0 saturated heterocycles. The van der Waals surface area contributed by atoms with Crippen molar-refractivity contribution in [1.29, 1.82) is 0 Å². The Balaban J connectivity index is 0.000000620. The van der Waals surface area contributed by atoms with Gasteiger partial charge >= 0.3 is 0 Å². The Morgan fingerprint density at radius 1 is 1.16 bits per heavy atom. The molecule has 3 nitrogen and oxygen atoms in total. The van der Waals surface area contributed by atoms with E-state index in [1.807, 2.05) is 6.20 Å². The molecule has 0 aliphatic carbocycles. The SMILES string of the molecule is CC(=O)/C=C(/C)O.Cc1ccc(-c2[c-]cc([Si](C)(C)C)cc2)nc1.[Ir]. The molecule has 5 heteroatoms. The minimum absolute atomic E-state index is 0. The van der Waals surface area contributed by atoms with Crippen molar-refractivity contribution >= 4 is 19.0 Å². The first-order chi connectivity index (χ1) is 11.1. The van der Waals surface area contributed by atoms with Crippen LogP contribution in [0.3, 0.4) is 0 Å². The van der Waals surface area contributed by atoms with Gasteiger partial charge in [-0.15, -0.1) is 35.0 Å². The van der Waals surface area contributed by atoms with Crippen LogP contribution in [0.5, 0.6) is 0 Å². The zero-order valence-electron chi connectivity index (χ0n) is 15.7. The molecule has 0 unspecified atom stereocenters. The third kappa shape index (κ3) is 8.91. The fourth-order valence-corrected chi connectivity index (χ4v) is 3.06. The summed E-state index contributed by atoms with van der Waals surface area (Å²) >= 11 is 0. The van der Waals surface area contributed by atoms with Crippen LogP contribution in [0.2, 0.25) is 19.6 Å². The Bertz CT molecular complexity index is 698. The zero-order valence-corrected chi connectivity index (χ0v) is 19.1. The Morgan fingerprint density at radius 3 is 2.12 bits per heavy atom. The molecule has 2 aromatic rings. The van der Waals surface area contributed by atoms with Gasteiger partial charge in [0.2, 0.25) is 0 Å². The van der Waals surface area contributed by atoms with Crippen LogP contribution in [-0.4, -0.2) is 23.9 Å². The van der Waals surface area contributed by atoms with Gasteiger partial charge in [0.05, 0.1) is 5.76 Å². The number of hydrogen-bond donors (Lipinski definition) is 1. The van der Waals surface area contributed by atoms with Gasteiger partial charge in [0, 0.05) is 40.5 Å². The molecule has 2 rings (SSSR count). The van der Waals surface area contributed by atoms with Crippen molar-refractivity contribution in [3.8, 4) is 11.3 Å². The van der Waals surface area contributed by atoms with Crippen LogP contribution in [-0.2, 0) is 24.9 Å². The molecule has 25 heavy (non-hydrogen) atoms. The molecule has 0 saturated carbocycles. The van der Waals surface area contributed by atoms with Gasteiger partial charge in [-0.2, -0.15) is 0 Å². The van der Waals surface area contributed by atoms with Gasteiger partial charge in [-0.25, -0.2) is 0 Å². The third-order valence-electron chi connectivity index (χ3n) is 3.28.